The van der Waals surface area contributed by atoms with E-state index in [1.807, 2.05) is 36.4 Å². The van der Waals surface area contributed by atoms with Crippen LogP contribution in [0.4, 0.5) is 0 Å². The van der Waals surface area contributed by atoms with Crippen molar-refractivity contribution in [3.05, 3.63) is 81.8 Å². The van der Waals surface area contributed by atoms with Crippen molar-refractivity contribution in [2.24, 2.45) is 0 Å². The van der Waals surface area contributed by atoms with Crippen molar-refractivity contribution in [3.63, 3.8) is 0 Å². The monoisotopic (exact) mass is 397 g/mol. The minimum Gasteiger partial charge on any atom is -0.268 e. The van der Waals surface area contributed by atoms with Crippen molar-refractivity contribution >= 4 is 40.8 Å². The quantitative estimate of drug-likeness (QED) is 0.510. The molecule has 3 rings (SSSR count). The minimum absolute atomic E-state index is 0.406. The van der Waals surface area contributed by atoms with E-state index in [4.69, 9.17) is 11.6 Å². The maximum absolute atomic E-state index is 12.3. The molecule has 2 amide bonds. The number of hydrogen-bond acceptors (Lipinski definition) is 4. The summed E-state index contributed by atoms with van der Waals surface area (Å²) in [4.78, 5) is 29.1. The van der Waals surface area contributed by atoms with Crippen LogP contribution in [0.5, 0.6) is 0 Å². The lowest BCUT2D eigenvalue weighted by atomic mass is 10.2. The van der Waals surface area contributed by atoms with Crippen molar-refractivity contribution in [2.45, 2.75) is 6.92 Å². The van der Waals surface area contributed by atoms with Crippen LogP contribution in [-0.4, -0.2) is 16.8 Å². The highest BCUT2D eigenvalue weighted by molar-refractivity contribution is 7.17. The lowest BCUT2D eigenvalue weighted by Crippen LogP contribution is -2.40. The zero-order valence-electron chi connectivity index (χ0n) is 14.4. The number of carbonyl (C=O) groups excluding carboxylic acids is 2. The van der Waals surface area contributed by atoms with E-state index in [2.05, 4.69) is 15.8 Å². The van der Waals surface area contributed by atoms with E-state index in [9.17, 15) is 9.59 Å². The molecule has 0 saturated heterocycles. The predicted molar refractivity (Wildman–Crippen MR) is 108 cm³/mol. The molecule has 2 aromatic carbocycles. The second-order valence-corrected chi connectivity index (χ2v) is 7.07. The molecule has 0 atom stereocenters. The summed E-state index contributed by atoms with van der Waals surface area (Å²) in [5.41, 5.74) is 7.11. The number of amides is 2. The van der Waals surface area contributed by atoms with Crippen LogP contribution in [0.2, 0.25) is 5.02 Å². The first-order valence-electron chi connectivity index (χ1n) is 8.10. The molecule has 1 aromatic heterocycles. The number of hydrazine groups is 1. The first kappa shape index (κ1) is 18.8. The van der Waals surface area contributed by atoms with E-state index in [0.29, 0.717) is 15.6 Å². The molecular weight excluding hydrogens is 382 g/mol. The van der Waals surface area contributed by atoms with Crippen LogP contribution < -0.4 is 10.9 Å². The lowest BCUT2D eigenvalue weighted by Gasteiger charge is -2.03. The predicted octanol–water partition coefficient (Wildman–Crippen LogP) is 4.25. The minimum atomic E-state index is -0.450. The van der Waals surface area contributed by atoms with Crippen molar-refractivity contribution in [1.29, 1.82) is 0 Å². The van der Waals surface area contributed by atoms with Crippen molar-refractivity contribution in [1.82, 2.24) is 15.8 Å². The Bertz CT molecular complexity index is 999. The van der Waals surface area contributed by atoms with E-state index < -0.39 is 11.8 Å². The van der Waals surface area contributed by atoms with Crippen LogP contribution >= 0.6 is 22.9 Å². The van der Waals surface area contributed by atoms with Crippen LogP contribution in [0.15, 0.2) is 60.7 Å². The average molecular weight is 398 g/mol. The van der Waals surface area contributed by atoms with Gasteiger partial charge in [0, 0.05) is 16.7 Å². The summed E-state index contributed by atoms with van der Waals surface area (Å²) in [6.07, 6.45) is 2.93. The second-order valence-electron chi connectivity index (χ2n) is 5.63. The van der Waals surface area contributed by atoms with Gasteiger partial charge in [-0.1, -0.05) is 54.1 Å². The van der Waals surface area contributed by atoms with Crippen LogP contribution in [0.1, 0.15) is 20.9 Å². The molecule has 0 aliphatic rings. The highest BCUT2D eigenvalue weighted by Crippen LogP contribution is 2.27. The smallest absolute Gasteiger partial charge is 0.268 e. The fraction of sp³-hybridized carbons (Fsp3) is 0.0500. The number of hydrogen-bond donors (Lipinski definition) is 2. The third-order valence-electron chi connectivity index (χ3n) is 3.60. The van der Waals surface area contributed by atoms with Gasteiger partial charge in [0.2, 0.25) is 0 Å². The van der Waals surface area contributed by atoms with Gasteiger partial charge >= 0.3 is 0 Å². The molecule has 0 unspecified atom stereocenters. The molecule has 7 heteroatoms. The van der Waals surface area contributed by atoms with Gasteiger partial charge in [0.1, 0.15) is 9.88 Å². The molecule has 1 heterocycles. The summed E-state index contributed by atoms with van der Waals surface area (Å²) in [5, 5.41) is 1.34. The Hall–Kier alpha value is -2.96. The maximum atomic E-state index is 12.3. The van der Waals surface area contributed by atoms with E-state index in [1.54, 1.807) is 31.2 Å². The SMILES string of the molecule is Cc1nc(-c2ccccc2)sc1C(=O)NNC(=O)/C=C/c1cccc(Cl)c1. The summed E-state index contributed by atoms with van der Waals surface area (Å²) in [7, 11) is 0. The highest BCUT2D eigenvalue weighted by Gasteiger charge is 2.16. The number of benzene rings is 2. The molecule has 0 bridgehead atoms. The summed E-state index contributed by atoms with van der Waals surface area (Å²) >= 11 is 7.17. The number of nitrogens with one attached hydrogen (secondary N) is 2. The highest BCUT2D eigenvalue weighted by atomic mass is 35.5. The third-order valence-corrected chi connectivity index (χ3v) is 5.04. The first-order chi connectivity index (χ1) is 13.0. The number of nitrogens with zero attached hydrogens (tertiary/aromatic N) is 1. The fourth-order valence-corrected chi connectivity index (χ4v) is 3.48. The van der Waals surface area contributed by atoms with Crippen LogP contribution in [0.3, 0.4) is 0 Å². The molecule has 3 aromatic rings. The topological polar surface area (TPSA) is 71.1 Å². The fourth-order valence-electron chi connectivity index (χ4n) is 2.31. The second kappa shape index (κ2) is 8.62. The summed E-state index contributed by atoms with van der Waals surface area (Å²) in [5.74, 6) is -0.856. The lowest BCUT2D eigenvalue weighted by molar-refractivity contribution is -0.117. The standard InChI is InChI=1S/C20H16ClN3O2S/c1-13-18(27-20(22-13)15-7-3-2-4-8-15)19(26)24-23-17(25)11-10-14-6-5-9-16(21)12-14/h2-12H,1H3,(H,23,25)(H,24,26)/b11-10+. The third kappa shape index (κ3) is 5.03. The van der Waals surface area contributed by atoms with Gasteiger partial charge in [-0.3, -0.25) is 20.4 Å². The van der Waals surface area contributed by atoms with Gasteiger partial charge in [-0.05, 0) is 30.7 Å². The molecule has 0 radical (unpaired) electrons. The van der Waals surface area contributed by atoms with Gasteiger partial charge in [0.25, 0.3) is 11.8 Å². The molecule has 27 heavy (non-hydrogen) atoms. The summed E-state index contributed by atoms with van der Waals surface area (Å²) in [6.45, 7) is 1.76. The van der Waals surface area contributed by atoms with Gasteiger partial charge in [-0.15, -0.1) is 11.3 Å². The molecule has 0 aliphatic carbocycles. The van der Waals surface area contributed by atoms with E-state index in [0.717, 1.165) is 16.1 Å². The zero-order valence-corrected chi connectivity index (χ0v) is 16.0. The molecule has 0 fully saturated rings. The Morgan fingerprint density at radius 1 is 1.07 bits per heavy atom. The van der Waals surface area contributed by atoms with Gasteiger partial charge in [0.15, 0.2) is 0 Å². The number of thiazole rings is 1. The molecule has 2 N–H and O–H groups in total. The van der Waals surface area contributed by atoms with E-state index >= 15 is 0 Å². The summed E-state index contributed by atoms with van der Waals surface area (Å²) in [6, 6.07) is 16.7. The first-order valence-corrected chi connectivity index (χ1v) is 9.29. The van der Waals surface area contributed by atoms with Crippen LogP contribution in [-0.2, 0) is 4.79 Å². The van der Waals surface area contributed by atoms with Crippen molar-refractivity contribution in [2.75, 3.05) is 0 Å². The Morgan fingerprint density at radius 2 is 1.85 bits per heavy atom. The van der Waals surface area contributed by atoms with Gasteiger partial charge < -0.3 is 0 Å². The number of rotatable bonds is 4. The van der Waals surface area contributed by atoms with Gasteiger partial charge in [-0.2, -0.15) is 0 Å². The summed E-state index contributed by atoms with van der Waals surface area (Å²) < 4.78 is 0. The zero-order chi connectivity index (χ0) is 19.2. The normalized spacial score (nSPS) is 10.7. The Morgan fingerprint density at radius 3 is 2.59 bits per heavy atom. The Labute approximate surface area is 165 Å². The largest absolute Gasteiger partial charge is 0.281 e. The molecule has 0 spiro atoms. The van der Waals surface area contributed by atoms with Gasteiger partial charge in [-0.25, -0.2) is 4.98 Å². The maximum Gasteiger partial charge on any atom is 0.281 e. The van der Waals surface area contributed by atoms with Gasteiger partial charge in [0.05, 0.1) is 5.69 Å². The van der Waals surface area contributed by atoms with Crippen molar-refractivity contribution in [3.8, 4) is 10.6 Å². The van der Waals surface area contributed by atoms with Crippen LogP contribution in [0, 0.1) is 6.92 Å². The molecule has 5 nitrogen and oxygen atoms in total. The number of carbonyl (C=O) groups is 2. The average Bonchev–Trinajstić information content (AvgIpc) is 3.07. The number of aryl methyl sites for hydroxylation is 1. The molecular formula is C20H16ClN3O2S. The van der Waals surface area contributed by atoms with E-state index in [-0.39, 0.29) is 0 Å². The van der Waals surface area contributed by atoms with E-state index in [1.165, 1.54) is 17.4 Å². The molecule has 0 aliphatic heterocycles. The molecule has 0 saturated carbocycles. The number of halogens is 1. The van der Waals surface area contributed by atoms with Crippen molar-refractivity contribution < 1.29 is 9.59 Å². The Kier molecular flexibility index (Phi) is 6.01. The molecule has 136 valence electrons. The Balaban J connectivity index is 1.61. The number of aromatic nitrogens is 1. The van der Waals surface area contributed by atoms with Crippen LogP contribution in [0.25, 0.3) is 16.6 Å².